The van der Waals surface area contributed by atoms with E-state index in [1.807, 2.05) is 13.8 Å². The zero-order valence-corrected chi connectivity index (χ0v) is 12.3. The summed E-state index contributed by atoms with van der Waals surface area (Å²) in [6.45, 7) is 3.86. The highest BCUT2D eigenvalue weighted by atomic mass is 35.5. The lowest BCUT2D eigenvalue weighted by Gasteiger charge is -2.16. The Morgan fingerprint density at radius 1 is 1.33 bits per heavy atom. The number of hydrogen-bond acceptors (Lipinski definition) is 3. The van der Waals surface area contributed by atoms with E-state index in [2.05, 4.69) is 10.3 Å². The summed E-state index contributed by atoms with van der Waals surface area (Å²) in [6, 6.07) is 5.59. The molecule has 1 aromatic heterocycles. The summed E-state index contributed by atoms with van der Waals surface area (Å²) in [5.41, 5.74) is 1.70. The Morgan fingerprint density at radius 2 is 2.05 bits per heavy atom. The standard InChI is InChI=1S/C15H14ClFN2O2/c1-8(2)10-5-9(17)3-4-12(10)19-13-7-18-14(16)6-11(13)15(20)21/h3-8,19H,1-2H3,(H,20,21). The number of pyridine rings is 1. The van der Waals surface area contributed by atoms with Gasteiger partial charge >= 0.3 is 5.97 Å². The van der Waals surface area contributed by atoms with Gasteiger partial charge in [-0.15, -0.1) is 0 Å². The van der Waals surface area contributed by atoms with E-state index in [9.17, 15) is 14.3 Å². The van der Waals surface area contributed by atoms with Crippen LogP contribution in [-0.4, -0.2) is 16.1 Å². The number of aromatic carboxylic acids is 1. The van der Waals surface area contributed by atoms with Crippen LogP contribution in [0.5, 0.6) is 0 Å². The third-order valence-corrected chi connectivity index (χ3v) is 3.21. The minimum Gasteiger partial charge on any atom is -0.478 e. The maximum atomic E-state index is 13.4. The van der Waals surface area contributed by atoms with E-state index in [1.165, 1.54) is 24.4 Å². The van der Waals surface area contributed by atoms with Gasteiger partial charge in [-0.25, -0.2) is 14.2 Å². The molecular formula is C15H14ClFN2O2. The van der Waals surface area contributed by atoms with Crippen molar-refractivity contribution < 1.29 is 14.3 Å². The zero-order chi connectivity index (χ0) is 15.6. The van der Waals surface area contributed by atoms with E-state index in [-0.39, 0.29) is 22.5 Å². The number of hydrogen-bond donors (Lipinski definition) is 2. The van der Waals surface area contributed by atoms with Gasteiger partial charge in [0.25, 0.3) is 0 Å². The summed E-state index contributed by atoms with van der Waals surface area (Å²) in [6.07, 6.45) is 1.35. The number of nitrogens with zero attached hydrogens (tertiary/aromatic N) is 1. The number of halogens is 2. The number of benzene rings is 1. The molecule has 1 aromatic carbocycles. The van der Waals surface area contributed by atoms with Crippen LogP contribution in [0.1, 0.15) is 35.7 Å². The van der Waals surface area contributed by atoms with Crippen molar-refractivity contribution in [1.82, 2.24) is 4.98 Å². The molecule has 0 saturated carbocycles. The monoisotopic (exact) mass is 308 g/mol. The van der Waals surface area contributed by atoms with Crippen LogP contribution in [0.3, 0.4) is 0 Å². The number of carboxylic acids is 1. The SMILES string of the molecule is CC(C)c1cc(F)ccc1Nc1cnc(Cl)cc1C(=O)O. The molecule has 1 heterocycles. The van der Waals surface area contributed by atoms with Gasteiger partial charge in [-0.1, -0.05) is 25.4 Å². The third kappa shape index (κ3) is 3.49. The van der Waals surface area contributed by atoms with Crippen molar-refractivity contribution in [2.75, 3.05) is 5.32 Å². The molecule has 2 N–H and O–H groups in total. The van der Waals surface area contributed by atoms with Gasteiger partial charge in [0, 0.05) is 5.69 Å². The van der Waals surface area contributed by atoms with E-state index in [1.54, 1.807) is 6.07 Å². The lowest BCUT2D eigenvalue weighted by Crippen LogP contribution is -2.05. The van der Waals surface area contributed by atoms with Gasteiger partial charge in [-0.3, -0.25) is 0 Å². The average molecular weight is 309 g/mol. The predicted molar refractivity (Wildman–Crippen MR) is 80.0 cm³/mol. The van der Waals surface area contributed by atoms with Crippen LogP contribution in [0.25, 0.3) is 0 Å². The summed E-state index contributed by atoms with van der Waals surface area (Å²) in [4.78, 5) is 15.1. The second-order valence-corrected chi connectivity index (χ2v) is 5.26. The molecule has 0 unspecified atom stereocenters. The maximum absolute atomic E-state index is 13.4. The number of rotatable bonds is 4. The molecule has 2 aromatic rings. The quantitative estimate of drug-likeness (QED) is 0.820. The minimum absolute atomic E-state index is 0.00836. The van der Waals surface area contributed by atoms with Crippen molar-refractivity contribution in [2.45, 2.75) is 19.8 Å². The molecule has 0 aliphatic rings. The number of anilines is 2. The third-order valence-electron chi connectivity index (χ3n) is 3.01. The van der Waals surface area contributed by atoms with Crippen molar-refractivity contribution in [2.24, 2.45) is 0 Å². The Labute approximate surface area is 126 Å². The fourth-order valence-electron chi connectivity index (χ4n) is 1.98. The molecule has 110 valence electrons. The first-order chi connectivity index (χ1) is 9.88. The molecule has 0 bridgehead atoms. The first kappa shape index (κ1) is 15.3. The highest BCUT2D eigenvalue weighted by molar-refractivity contribution is 6.29. The van der Waals surface area contributed by atoms with Crippen LogP contribution in [0, 0.1) is 5.82 Å². The van der Waals surface area contributed by atoms with Crippen molar-refractivity contribution in [3.05, 3.63) is 52.6 Å². The van der Waals surface area contributed by atoms with Crippen molar-refractivity contribution in [3.8, 4) is 0 Å². The fraction of sp³-hybridized carbons (Fsp3) is 0.200. The predicted octanol–water partition coefficient (Wildman–Crippen LogP) is 4.44. The van der Waals surface area contributed by atoms with Crippen LogP contribution in [0.15, 0.2) is 30.5 Å². The number of nitrogens with one attached hydrogen (secondary N) is 1. The highest BCUT2D eigenvalue weighted by Gasteiger charge is 2.14. The summed E-state index contributed by atoms with van der Waals surface area (Å²) >= 11 is 5.71. The van der Waals surface area contributed by atoms with Gasteiger partial charge in [-0.05, 0) is 35.7 Å². The van der Waals surface area contributed by atoms with Gasteiger partial charge in [0.15, 0.2) is 0 Å². The number of carbonyl (C=O) groups is 1. The molecule has 0 spiro atoms. The summed E-state index contributed by atoms with van der Waals surface area (Å²) in [7, 11) is 0. The van der Waals surface area contributed by atoms with Crippen LogP contribution in [0.2, 0.25) is 5.15 Å². The smallest absolute Gasteiger partial charge is 0.337 e. The molecule has 0 aliphatic carbocycles. The lowest BCUT2D eigenvalue weighted by molar-refractivity contribution is 0.0698. The molecule has 4 nitrogen and oxygen atoms in total. The molecule has 0 saturated heterocycles. The van der Waals surface area contributed by atoms with Crippen molar-refractivity contribution in [1.29, 1.82) is 0 Å². The second kappa shape index (κ2) is 6.10. The topological polar surface area (TPSA) is 62.2 Å². The number of carboxylic acid groups (broad SMARTS) is 1. The molecule has 0 amide bonds. The van der Waals surface area contributed by atoms with Gasteiger partial charge in [0.05, 0.1) is 17.4 Å². The van der Waals surface area contributed by atoms with Crippen molar-refractivity contribution in [3.63, 3.8) is 0 Å². The van der Waals surface area contributed by atoms with E-state index < -0.39 is 5.97 Å². The van der Waals surface area contributed by atoms with Crippen LogP contribution in [0.4, 0.5) is 15.8 Å². The number of aromatic nitrogens is 1. The molecule has 0 radical (unpaired) electrons. The molecule has 6 heteroatoms. The van der Waals surface area contributed by atoms with Gasteiger partial charge in [0.2, 0.25) is 0 Å². The normalized spacial score (nSPS) is 10.7. The molecular weight excluding hydrogens is 295 g/mol. The minimum atomic E-state index is -1.12. The summed E-state index contributed by atoms with van der Waals surface area (Å²) in [5, 5.41) is 12.3. The summed E-state index contributed by atoms with van der Waals surface area (Å²) < 4.78 is 13.4. The van der Waals surface area contributed by atoms with E-state index >= 15 is 0 Å². The Balaban J connectivity index is 2.46. The molecule has 2 rings (SSSR count). The molecule has 0 atom stereocenters. The second-order valence-electron chi connectivity index (χ2n) is 4.87. The van der Waals surface area contributed by atoms with Crippen molar-refractivity contribution >= 4 is 28.9 Å². The Hall–Kier alpha value is -2.14. The van der Waals surface area contributed by atoms with Crippen LogP contribution < -0.4 is 5.32 Å². The maximum Gasteiger partial charge on any atom is 0.337 e. The first-order valence-corrected chi connectivity index (χ1v) is 6.71. The molecule has 21 heavy (non-hydrogen) atoms. The largest absolute Gasteiger partial charge is 0.478 e. The first-order valence-electron chi connectivity index (χ1n) is 6.33. The Morgan fingerprint density at radius 3 is 2.67 bits per heavy atom. The molecule has 0 fully saturated rings. The van der Waals surface area contributed by atoms with E-state index in [0.29, 0.717) is 11.4 Å². The Kier molecular flexibility index (Phi) is 4.43. The van der Waals surface area contributed by atoms with Gasteiger partial charge in [-0.2, -0.15) is 0 Å². The van der Waals surface area contributed by atoms with E-state index in [0.717, 1.165) is 5.56 Å². The fourth-order valence-corrected chi connectivity index (χ4v) is 2.13. The summed E-state index contributed by atoms with van der Waals surface area (Å²) in [5.74, 6) is -1.37. The molecule has 0 aliphatic heterocycles. The average Bonchev–Trinajstić information content (AvgIpc) is 2.42. The van der Waals surface area contributed by atoms with Crippen LogP contribution in [-0.2, 0) is 0 Å². The van der Waals surface area contributed by atoms with Crippen LogP contribution >= 0.6 is 11.6 Å². The zero-order valence-electron chi connectivity index (χ0n) is 11.5. The van der Waals surface area contributed by atoms with Gasteiger partial charge < -0.3 is 10.4 Å². The van der Waals surface area contributed by atoms with Gasteiger partial charge in [0.1, 0.15) is 11.0 Å². The lowest BCUT2D eigenvalue weighted by atomic mass is 10.0. The Bertz CT molecular complexity index is 689. The van der Waals surface area contributed by atoms with E-state index in [4.69, 9.17) is 11.6 Å². The highest BCUT2D eigenvalue weighted by Crippen LogP contribution is 2.29.